The van der Waals surface area contributed by atoms with Gasteiger partial charge in [-0.3, -0.25) is 0 Å². The minimum absolute atomic E-state index is 0.183. The van der Waals surface area contributed by atoms with Crippen LogP contribution in [0.2, 0.25) is 0 Å². The molecule has 4 nitrogen and oxygen atoms in total. The molecule has 0 amide bonds. The molecular formula is C12H16F3N3O. The lowest BCUT2D eigenvalue weighted by Gasteiger charge is -2.21. The van der Waals surface area contributed by atoms with Crippen molar-refractivity contribution in [3.05, 3.63) is 22.8 Å². The Morgan fingerprint density at radius 1 is 1.32 bits per heavy atom. The molecule has 0 atom stereocenters. The molecule has 19 heavy (non-hydrogen) atoms. The highest BCUT2D eigenvalue weighted by Crippen LogP contribution is 2.32. The van der Waals surface area contributed by atoms with Gasteiger partial charge < -0.3 is 10.1 Å². The van der Waals surface area contributed by atoms with E-state index in [1.165, 1.54) is 0 Å². The number of rotatable bonds is 4. The monoisotopic (exact) mass is 275 g/mol. The SMILES string of the molecule is COCCCc1nc2c(c(C(F)(F)F)n1)CNCC2. The molecule has 1 aliphatic rings. The van der Waals surface area contributed by atoms with Crippen LogP contribution in [0, 0.1) is 0 Å². The molecule has 106 valence electrons. The number of nitrogens with zero attached hydrogens (tertiary/aromatic N) is 2. The standard InChI is InChI=1S/C12H16F3N3O/c1-19-6-2-3-10-17-9-4-5-16-7-8(9)11(18-10)12(13,14)15/h16H,2-7H2,1H3. The first-order chi connectivity index (χ1) is 9.02. The van der Waals surface area contributed by atoms with Crippen molar-refractivity contribution in [2.24, 2.45) is 0 Å². The lowest BCUT2D eigenvalue weighted by Crippen LogP contribution is -2.29. The number of hydrogen-bond acceptors (Lipinski definition) is 4. The predicted molar refractivity (Wildman–Crippen MR) is 62.6 cm³/mol. The van der Waals surface area contributed by atoms with E-state index in [1.807, 2.05) is 0 Å². The number of alkyl halides is 3. The summed E-state index contributed by atoms with van der Waals surface area (Å²) in [7, 11) is 1.56. The average Bonchev–Trinajstić information content (AvgIpc) is 2.37. The summed E-state index contributed by atoms with van der Waals surface area (Å²) in [5.41, 5.74) is -0.0835. The van der Waals surface area contributed by atoms with Crippen LogP contribution in [0.15, 0.2) is 0 Å². The number of aromatic nitrogens is 2. The molecule has 1 aliphatic heterocycles. The molecule has 2 heterocycles. The van der Waals surface area contributed by atoms with Crippen LogP contribution in [0.1, 0.15) is 29.2 Å². The third-order valence-corrected chi connectivity index (χ3v) is 3.00. The van der Waals surface area contributed by atoms with Crippen molar-refractivity contribution in [2.45, 2.75) is 32.0 Å². The van der Waals surface area contributed by atoms with Crippen molar-refractivity contribution in [1.29, 1.82) is 0 Å². The second-order valence-electron chi connectivity index (χ2n) is 4.43. The zero-order chi connectivity index (χ0) is 13.9. The second kappa shape index (κ2) is 5.83. The van der Waals surface area contributed by atoms with Crippen LogP contribution in [0.4, 0.5) is 13.2 Å². The predicted octanol–water partition coefficient (Wildman–Crippen LogP) is 1.72. The van der Waals surface area contributed by atoms with Gasteiger partial charge >= 0.3 is 6.18 Å². The van der Waals surface area contributed by atoms with E-state index in [9.17, 15) is 13.2 Å². The van der Waals surface area contributed by atoms with Crippen LogP contribution in [0.3, 0.4) is 0 Å². The Morgan fingerprint density at radius 3 is 2.79 bits per heavy atom. The summed E-state index contributed by atoms with van der Waals surface area (Å²) in [5.74, 6) is 0.255. The van der Waals surface area contributed by atoms with E-state index >= 15 is 0 Å². The molecule has 0 fully saturated rings. The van der Waals surface area contributed by atoms with Gasteiger partial charge in [0.25, 0.3) is 0 Å². The molecule has 1 aromatic rings. The Labute approximate surface area is 109 Å². The number of hydrogen-bond donors (Lipinski definition) is 1. The fourth-order valence-electron chi connectivity index (χ4n) is 2.12. The highest BCUT2D eigenvalue weighted by Gasteiger charge is 2.37. The zero-order valence-corrected chi connectivity index (χ0v) is 10.7. The van der Waals surface area contributed by atoms with Crippen LogP contribution in [-0.2, 0) is 30.3 Å². The molecule has 0 saturated carbocycles. The Bertz CT molecular complexity index is 449. The second-order valence-corrected chi connectivity index (χ2v) is 4.43. The first-order valence-electron chi connectivity index (χ1n) is 6.18. The fourth-order valence-corrected chi connectivity index (χ4v) is 2.12. The number of halogens is 3. The molecule has 0 aromatic carbocycles. The molecule has 2 rings (SSSR count). The maximum Gasteiger partial charge on any atom is 0.433 e. The van der Waals surface area contributed by atoms with Crippen molar-refractivity contribution >= 4 is 0 Å². The molecule has 0 radical (unpaired) electrons. The van der Waals surface area contributed by atoms with Crippen LogP contribution in [0.25, 0.3) is 0 Å². The summed E-state index contributed by atoms with van der Waals surface area (Å²) in [6.07, 6.45) is -2.90. The third kappa shape index (κ3) is 3.42. The smallest absolute Gasteiger partial charge is 0.385 e. The van der Waals surface area contributed by atoms with E-state index in [0.717, 1.165) is 0 Å². The van der Waals surface area contributed by atoms with Gasteiger partial charge in [-0.1, -0.05) is 0 Å². The highest BCUT2D eigenvalue weighted by atomic mass is 19.4. The average molecular weight is 275 g/mol. The van der Waals surface area contributed by atoms with Gasteiger partial charge in [-0.05, 0) is 6.42 Å². The third-order valence-electron chi connectivity index (χ3n) is 3.00. The summed E-state index contributed by atoms with van der Waals surface area (Å²) >= 11 is 0. The zero-order valence-electron chi connectivity index (χ0n) is 10.7. The minimum Gasteiger partial charge on any atom is -0.385 e. The topological polar surface area (TPSA) is 47.0 Å². The van der Waals surface area contributed by atoms with E-state index in [0.29, 0.717) is 38.1 Å². The Morgan fingerprint density at radius 2 is 2.11 bits per heavy atom. The van der Waals surface area contributed by atoms with Crippen molar-refractivity contribution in [3.63, 3.8) is 0 Å². The molecule has 0 aliphatic carbocycles. The van der Waals surface area contributed by atoms with Gasteiger partial charge in [0.15, 0.2) is 5.69 Å². The Hall–Kier alpha value is -1.21. The number of ether oxygens (including phenoxy) is 1. The van der Waals surface area contributed by atoms with E-state index < -0.39 is 11.9 Å². The van der Waals surface area contributed by atoms with Crippen molar-refractivity contribution in [2.75, 3.05) is 20.3 Å². The quantitative estimate of drug-likeness (QED) is 0.850. The summed E-state index contributed by atoms with van der Waals surface area (Å²) < 4.78 is 43.9. The van der Waals surface area contributed by atoms with Gasteiger partial charge in [0.1, 0.15) is 5.82 Å². The van der Waals surface area contributed by atoms with Crippen molar-refractivity contribution < 1.29 is 17.9 Å². The lowest BCUT2D eigenvalue weighted by atomic mass is 10.0. The molecule has 1 N–H and O–H groups in total. The van der Waals surface area contributed by atoms with Gasteiger partial charge in [-0.25, -0.2) is 9.97 Å². The van der Waals surface area contributed by atoms with Crippen LogP contribution < -0.4 is 5.32 Å². The van der Waals surface area contributed by atoms with Crippen LogP contribution in [-0.4, -0.2) is 30.2 Å². The number of fused-ring (bicyclic) bond motifs is 1. The molecule has 0 saturated heterocycles. The number of aryl methyl sites for hydroxylation is 1. The molecule has 0 unspecified atom stereocenters. The van der Waals surface area contributed by atoms with E-state index in [-0.39, 0.29) is 17.9 Å². The van der Waals surface area contributed by atoms with Gasteiger partial charge in [0.2, 0.25) is 0 Å². The Balaban J connectivity index is 2.31. The van der Waals surface area contributed by atoms with Gasteiger partial charge in [-0.15, -0.1) is 0 Å². The van der Waals surface area contributed by atoms with Crippen LogP contribution >= 0.6 is 0 Å². The normalized spacial score (nSPS) is 15.4. The van der Waals surface area contributed by atoms with Gasteiger partial charge in [0.05, 0.1) is 5.69 Å². The summed E-state index contributed by atoms with van der Waals surface area (Å²) in [6, 6.07) is 0. The molecule has 0 spiro atoms. The van der Waals surface area contributed by atoms with E-state index in [2.05, 4.69) is 15.3 Å². The summed E-state index contributed by atoms with van der Waals surface area (Å²) in [5, 5.41) is 2.93. The number of nitrogens with one attached hydrogen (secondary N) is 1. The van der Waals surface area contributed by atoms with Crippen molar-refractivity contribution in [3.8, 4) is 0 Å². The molecular weight excluding hydrogens is 259 g/mol. The minimum atomic E-state index is -4.43. The maximum atomic E-state index is 13.0. The summed E-state index contributed by atoms with van der Waals surface area (Å²) in [4.78, 5) is 7.95. The lowest BCUT2D eigenvalue weighted by molar-refractivity contribution is -0.142. The fraction of sp³-hybridized carbons (Fsp3) is 0.667. The van der Waals surface area contributed by atoms with Gasteiger partial charge in [-0.2, -0.15) is 13.2 Å². The van der Waals surface area contributed by atoms with E-state index in [1.54, 1.807) is 7.11 Å². The highest BCUT2D eigenvalue weighted by molar-refractivity contribution is 5.30. The first-order valence-corrected chi connectivity index (χ1v) is 6.18. The Kier molecular flexibility index (Phi) is 4.36. The maximum absolute atomic E-state index is 13.0. The first kappa shape index (κ1) is 14.2. The van der Waals surface area contributed by atoms with E-state index in [4.69, 9.17) is 4.74 Å². The molecule has 1 aromatic heterocycles. The largest absolute Gasteiger partial charge is 0.433 e. The molecule has 7 heteroatoms. The number of methoxy groups -OCH3 is 1. The van der Waals surface area contributed by atoms with Crippen molar-refractivity contribution in [1.82, 2.24) is 15.3 Å². The van der Waals surface area contributed by atoms with Crippen LogP contribution in [0.5, 0.6) is 0 Å². The summed E-state index contributed by atoms with van der Waals surface area (Å²) in [6.45, 7) is 1.32. The van der Waals surface area contributed by atoms with Gasteiger partial charge in [0, 0.05) is 45.2 Å². The molecule has 0 bridgehead atoms.